The molecule has 3 rings (SSSR count). The lowest BCUT2D eigenvalue weighted by atomic mass is 10.0. The first kappa shape index (κ1) is 18.9. The second-order valence-electron chi connectivity index (χ2n) is 6.71. The van der Waals surface area contributed by atoms with Crippen molar-refractivity contribution >= 4 is 23.2 Å². The summed E-state index contributed by atoms with van der Waals surface area (Å²) in [5.74, 6) is 1.14. The lowest BCUT2D eigenvalue weighted by Gasteiger charge is -2.10. The molecule has 0 aromatic heterocycles. The number of ether oxygens (including phenoxy) is 1. The molecule has 6 nitrogen and oxygen atoms in total. The summed E-state index contributed by atoms with van der Waals surface area (Å²) >= 11 is 0. The zero-order valence-corrected chi connectivity index (χ0v) is 15.5. The maximum atomic E-state index is 12.3. The summed E-state index contributed by atoms with van der Waals surface area (Å²) in [4.78, 5) is 24.4. The van der Waals surface area contributed by atoms with Crippen LogP contribution in [0.4, 0.5) is 11.4 Å². The Kier molecular flexibility index (Phi) is 6.44. The third-order valence-corrected chi connectivity index (χ3v) is 4.72. The standard InChI is InChI=1S/C21H25N3O3/c1-27-19-9-7-18(8-10-19)24-21(26)16-3-5-17(6-4-16)23-20(25)11-2-15-12-13-22-14-15/h3-10,15,22H,2,11-14H2,1H3,(H,23,25)(H,24,26). The van der Waals surface area contributed by atoms with E-state index in [4.69, 9.17) is 4.74 Å². The van der Waals surface area contributed by atoms with E-state index >= 15 is 0 Å². The van der Waals surface area contributed by atoms with E-state index in [0.29, 0.717) is 29.3 Å². The van der Waals surface area contributed by atoms with Gasteiger partial charge < -0.3 is 20.7 Å². The van der Waals surface area contributed by atoms with Crippen LogP contribution in [0.2, 0.25) is 0 Å². The first-order chi connectivity index (χ1) is 13.1. The third-order valence-electron chi connectivity index (χ3n) is 4.72. The Morgan fingerprint density at radius 1 is 1.04 bits per heavy atom. The van der Waals surface area contributed by atoms with Gasteiger partial charge in [-0.25, -0.2) is 0 Å². The number of amides is 2. The summed E-state index contributed by atoms with van der Waals surface area (Å²) in [6.07, 6.45) is 2.57. The molecule has 2 aromatic carbocycles. The van der Waals surface area contributed by atoms with E-state index in [-0.39, 0.29) is 11.8 Å². The minimum atomic E-state index is -0.202. The number of carbonyl (C=O) groups excluding carboxylic acids is 2. The van der Waals surface area contributed by atoms with Gasteiger partial charge in [-0.3, -0.25) is 9.59 Å². The predicted octanol–water partition coefficient (Wildman–Crippen LogP) is 3.28. The Labute approximate surface area is 159 Å². The van der Waals surface area contributed by atoms with Crippen molar-refractivity contribution in [1.82, 2.24) is 5.32 Å². The van der Waals surface area contributed by atoms with Crippen LogP contribution < -0.4 is 20.7 Å². The molecule has 1 unspecified atom stereocenters. The maximum absolute atomic E-state index is 12.3. The van der Waals surface area contributed by atoms with Crippen LogP contribution in [-0.2, 0) is 4.79 Å². The van der Waals surface area contributed by atoms with Gasteiger partial charge in [0, 0.05) is 23.4 Å². The van der Waals surface area contributed by atoms with E-state index in [0.717, 1.165) is 31.7 Å². The fraction of sp³-hybridized carbons (Fsp3) is 0.333. The number of benzene rings is 2. The lowest BCUT2D eigenvalue weighted by Crippen LogP contribution is -2.15. The van der Waals surface area contributed by atoms with Gasteiger partial charge in [-0.05, 0) is 80.4 Å². The van der Waals surface area contributed by atoms with E-state index in [1.165, 1.54) is 0 Å². The number of rotatable bonds is 7. The molecular weight excluding hydrogens is 342 g/mol. The molecular formula is C21H25N3O3. The maximum Gasteiger partial charge on any atom is 0.255 e. The van der Waals surface area contributed by atoms with E-state index < -0.39 is 0 Å². The number of carbonyl (C=O) groups is 2. The first-order valence-electron chi connectivity index (χ1n) is 9.20. The van der Waals surface area contributed by atoms with Crippen LogP contribution in [-0.4, -0.2) is 32.0 Å². The van der Waals surface area contributed by atoms with Crippen molar-refractivity contribution in [3.63, 3.8) is 0 Å². The second-order valence-corrected chi connectivity index (χ2v) is 6.71. The van der Waals surface area contributed by atoms with Crippen LogP contribution in [0.25, 0.3) is 0 Å². The monoisotopic (exact) mass is 367 g/mol. The molecule has 0 saturated carbocycles. The molecule has 2 aromatic rings. The predicted molar refractivity (Wildman–Crippen MR) is 106 cm³/mol. The van der Waals surface area contributed by atoms with Gasteiger partial charge in [0.1, 0.15) is 5.75 Å². The highest BCUT2D eigenvalue weighted by Crippen LogP contribution is 2.18. The van der Waals surface area contributed by atoms with E-state index in [2.05, 4.69) is 16.0 Å². The van der Waals surface area contributed by atoms with Crippen LogP contribution in [0.5, 0.6) is 5.75 Å². The minimum Gasteiger partial charge on any atom is -0.497 e. The molecule has 1 aliphatic heterocycles. The zero-order valence-electron chi connectivity index (χ0n) is 15.5. The fourth-order valence-corrected chi connectivity index (χ4v) is 3.10. The molecule has 6 heteroatoms. The second kappa shape index (κ2) is 9.19. The zero-order chi connectivity index (χ0) is 19.1. The van der Waals surface area contributed by atoms with Crippen molar-refractivity contribution in [2.45, 2.75) is 19.3 Å². The molecule has 2 amide bonds. The Bertz CT molecular complexity index is 766. The van der Waals surface area contributed by atoms with Gasteiger partial charge in [0.2, 0.25) is 5.91 Å². The number of anilines is 2. The highest BCUT2D eigenvalue weighted by atomic mass is 16.5. The largest absolute Gasteiger partial charge is 0.497 e. The van der Waals surface area contributed by atoms with Crippen molar-refractivity contribution in [2.24, 2.45) is 5.92 Å². The SMILES string of the molecule is COc1ccc(NC(=O)c2ccc(NC(=O)CCC3CCNC3)cc2)cc1. The number of hydrogen-bond acceptors (Lipinski definition) is 4. The van der Waals surface area contributed by atoms with E-state index in [9.17, 15) is 9.59 Å². The molecule has 0 bridgehead atoms. The van der Waals surface area contributed by atoms with E-state index in [1.54, 1.807) is 55.6 Å². The van der Waals surface area contributed by atoms with Crippen molar-refractivity contribution in [3.8, 4) is 5.75 Å². The Morgan fingerprint density at radius 3 is 2.33 bits per heavy atom. The molecule has 1 saturated heterocycles. The summed E-state index contributed by atoms with van der Waals surface area (Å²) in [5, 5.41) is 9.03. The molecule has 1 aliphatic rings. The summed E-state index contributed by atoms with van der Waals surface area (Å²) in [5.41, 5.74) is 1.92. The topological polar surface area (TPSA) is 79.5 Å². The normalized spacial score (nSPS) is 16.0. The molecule has 27 heavy (non-hydrogen) atoms. The molecule has 0 aliphatic carbocycles. The quantitative estimate of drug-likeness (QED) is 0.702. The third kappa shape index (κ3) is 5.56. The van der Waals surface area contributed by atoms with Crippen LogP contribution in [0, 0.1) is 5.92 Å². The molecule has 0 spiro atoms. The summed E-state index contributed by atoms with van der Waals surface area (Å²) in [7, 11) is 1.60. The molecule has 1 atom stereocenters. The van der Waals surface area contributed by atoms with Gasteiger partial charge in [0.25, 0.3) is 5.91 Å². The number of nitrogens with one attached hydrogen (secondary N) is 3. The molecule has 1 heterocycles. The Morgan fingerprint density at radius 2 is 1.70 bits per heavy atom. The van der Waals surface area contributed by atoms with Crippen molar-refractivity contribution in [1.29, 1.82) is 0 Å². The Balaban J connectivity index is 1.49. The smallest absolute Gasteiger partial charge is 0.255 e. The average molecular weight is 367 g/mol. The lowest BCUT2D eigenvalue weighted by molar-refractivity contribution is -0.116. The summed E-state index contributed by atoms with van der Waals surface area (Å²) in [6, 6.07) is 14.0. The van der Waals surface area contributed by atoms with Crippen LogP contribution in [0.3, 0.4) is 0 Å². The van der Waals surface area contributed by atoms with Gasteiger partial charge in [0.15, 0.2) is 0 Å². The molecule has 0 radical (unpaired) electrons. The molecule has 142 valence electrons. The van der Waals surface area contributed by atoms with Crippen molar-refractivity contribution < 1.29 is 14.3 Å². The average Bonchev–Trinajstić information content (AvgIpc) is 3.21. The van der Waals surface area contributed by atoms with Gasteiger partial charge in [-0.2, -0.15) is 0 Å². The van der Waals surface area contributed by atoms with Gasteiger partial charge in [0.05, 0.1) is 7.11 Å². The fourth-order valence-electron chi connectivity index (χ4n) is 3.10. The Hall–Kier alpha value is -2.86. The van der Waals surface area contributed by atoms with Gasteiger partial charge >= 0.3 is 0 Å². The van der Waals surface area contributed by atoms with Crippen LogP contribution >= 0.6 is 0 Å². The molecule has 3 N–H and O–H groups in total. The minimum absolute atomic E-state index is 0.0114. The number of hydrogen-bond donors (Lipinski definition) is 3. The van der Waals surface area contributed by atoms with Gasteiger partial charge in [-0.1, -0.05) is 0 Å². The van der Waals surface area contributed by atoms with Crippen LogP contribution in [0.15, 0.2) is 48.5 Å². The highest BCUT2D eigenvalue weighted by molar-refractivity contribution is 6.04. The van der Waals surface area contributed by atoms with Gasteiger partial charge in [-0.15, -0.1) is 0 Å². The molecule has 1 fully saturated rings. The summed E-state index contributed by atoms with van der Waals surface area (Å²) < 4.78 is 5.10. The summed E-state index contributed by atoms with van der Waals surface area (Å²) in [6.45, 7) is 2.05. The van der Waals surface area contributed by atoms with E-state index in [1.807, 2.05) is 0 Å². The number of methoxy groups -OCH3 is 1. The van der Waals surface area contributed by atoms with Crippen molar-refractivity contribution in [3.05, 3.63) is 54.1 Å². The van der Waals surface area contributed by atoms with Crippen molar-refractivity contribution in [2.75, 3.05) is 30.8 Å². The van der Waals surface area contributed by atoms with Crippen LogP contribution in [0.1, 0.15) is 29.6 Å². The highest BCUT2D eigenvalue weighted by Gasteiger charge is 2.15. The first-order valence-corrected chi connectivity index (χ1v) is 9.20.